The van der Waals surface area contributed by atoms with Crippen molar-refractivity contribution in [3.8, 4) is 5.75 Å². The summed E-state index contributed by atoms with van der Waals surface area (Å²) in [4.78, 5) is 12.3. The fourth-order valence-corrected chi connectivity index (χ4v) is 2.95. The van der Waals surface area contributed by atoms with Gasteiger partial charge in [-0.15, -0.1) is 0 Å². The van der Waals surface area contributed by atoms with E-state index in [0.29, 0.717) is 19.1 Å². The van der Waals surface area contributed by atoms with Crippen molar-refractivity contribution in [1.82, 2.24) is 5.32 Å². The van der Waals surface area contributed by atoms with E-state index in [-0.39, 0.29) is 17.2 Å². The number of allylic oxidation sites excluding steroid dienone is 2. The zero-order valence-corrected chi connectivity index (χ0v) is 14.1. The predicted octanol–water partition coefficient (Wildman–Crippen LogP) is 3.81. The molecular weight excluding hydrogens is 274 g/mol. The molecule has 0 radical (unpaired) electrons. The average molecular weight is 301 g/mol. The molecule has 2 unspecified atom stereocenters. The highest BCUT2D eigenvalue weighted by atomic mass is 16.5. The molecule has 3 heteroatoms. The highest BCUT2D eigenvalue weighted by molar-refractivity contribution is 5.83. The van der Waals surface area contributed by atoms with Crippen LogP contribution in [0.25, 0.3) is 0 Å². The van der Waals surface area contributed by atoms with Crippen molar-refractivity contribution in [3.63, 3.8) is 0 Å². The fourth-order valence-electron chi connectivity index (χ4n) is 2.95. The summed E-state index contributed by atoms with van der Waals surface area (Å²) in [5, 5.41) is 3.04. The van der Waals surface area contributed by atoms with E-state index < -0.39 is 0 Å². The van der Waals surface area contributed by atoms with Crippen LogP contribution in [-0.4, -0.2) is 19.1 Å². The van der Waals surface area contributed by atoms with E-state index in [9.17, 15) is 4.79 Å². The molecule has 1 fully saturated rings. The lowest BCUT2D eigenvalue weighted by Gasteiger charge is -2.08. The number of amides is 1. The number of rotatable bonds is 7. The lowest BCUT2D eigenvalue weighted by Crippen LogP contribution is -2.28. The number of para-hydroxylation sites is 1. The molecule has 1 aromatic rings. The van der Waals surface area contributed by atoms with Gasteiger partial charge in [-0.05, 0) is 43.7 Å². The Labute approximate surface area is 133 Å². The first-order valence-electron chi connectivity index (χ1n) is 8.03. The van der Waals surface area contributed by atoms with E-state index in [0.717, 1.165) is 12.2 Å². The van der Waals surface area contributed by atoms with Gasteiger partial charge in [0.15, 0.2) is 0 Å². The summed E-state index contributed by atoms with van der Waals surface area (Å²) < 4.78 is 5.62. The van der Waals surface area contributed by atoms with E-state index in [1.165, 1.54) is 5.57 Å². The zero-order valence-electron chi connectivity index (χ0n) is 14.1. The molecule has 0 bridgehead atoms. The molecule has 1 amide bonds. The molecular formula is C19H27NO2. The maximum absolute atomic E-state index is 12.3. The summed E-state index contributed by atoms with van der Waals surface area (Å²) in [6.45, 7) is 9.80. The highest BCUT2D eigenvalue weighted by Gasteiger charge is 2.60. The van der Waals surface area contributed by atoms with Gasteiger partial charge >= 0.3 is 0 Å². The van der Waals surface area contributed by atoms with Gasteiger partial charge in [-0.3, -0.25) is 4.79 Å². The Bertz CT molecular complexity index is 530. The van der Waals surface area contributed by atoms with Gasteiger partial charge in [0.1, 0.15) is 5.75 Å². The number of nitrogens with one attached hydrogen (secondary N) is 1. The molecule has 0 aromatic heterocycles. The Morgan fingerprint density at radius 3 is 2.59 bits per heavy atom. The monoisotopic (exact) mass is 301 g/mol. The van der Waals surface area contributed by atoms with Crippen molar-refractivity contribution >= 4 is 5.91 Å². The first kappa shape index (κ1) is 16.6. The molecule has 1 saturated carbocycles. The minimum absolute atomic E-state index is 0.0852. The van der Waals surface area contributed by atoms with Gasteiger partial charge in [0.25, 0.3) is 0 Å². The normalized spacial score (nSPS) is 21.8. The lowest BCUT2D eigenvalue weighted by atomic mass is 10.1. The molecule has 1 aliphatic carbocycles. The van der Waals surface area contributed by atoms with Crippen LogP contribution in [0.3, 0.4) is 0 Å². The van der Waals surface area contributed by atoms with E-state index in [1.807, 2.05) is 30.3 Å². The third kappa shape index (κ3) is 4.12. The van der Waals surface area contributed by atoms with Crippen LogP contribution < -0.4 is 10.1 Å². The molecule has 3 nitrogen and oxygen atoms in total. The van der Waals surface area contributed by atoms with E-state index in [4.69, 9.17) is 4.74 Å². The Morgan fingerprint density at radius 1 is 1.27 bits per heavy atom. The molecule has 0 heterocycles. The van der Waals surface area contributed by atoms with Crippen molar-refractivity contribution in [1.29, 1.82) is 0 Å². The Kier molecular flexibility index (Phi) is 5.28. The molecule has 0 aliphatic heterocycles. The molecule has 2 rings (SSSR count). The molecule has 120 valence electrons. The molecule has 1 aromatic carbocycles. The summed E-state index contributed by atoms with van der Waals surface area (Å²) in [6.07, 6.45) is 3.05. The summed E-state index contributed by atoms with van der Waals surface area (Å²) >= 11 is 0. The first-order valence-corrected chi connectivity index (χ1v) is 8.03. The summed E-state index contributed by atoms with van der Waals surface area (Å²) in [7, 11) is 0. The third-order valence-electron chi connectivity index (χ3n) is 4.34. The molecule has 22 heavy (non-hydrogen) atoms. The van der Waals surface area contributed by atoms with E-state index >= 15 is 0 Å². The first-order chi connectivity index (χ1) is 10.4. The topological polar surface area (TPSA) is 38.3 Å². The standard InChI is InChI=1S/C19H27NO2/c1-14(2)13-16-17(19(16,3)4)18(21)20-11-8-12-22-15-9-6-5-7-10-15/h5-7,9-10,13,16-17H,8,11-12H2,1-4H3,(H,20,21). The highest BCUT2D eigenvalue weighted by Crippen LogP contribution is 2.59. The minimum Gasteiger partial charge on any atom is -0.494 e. The Hall–Kier alpha value is -1.77. The number of hydrogen-bond acceptors (Lipinski definition) is 2. The van der Waals surface area contributed by atoms with Crippen LogP contribution >= 0.6 is 0 Å². The molecule has 0 spiro atoms. The van der Waals surface area contributed by atoms with Gasteiger partial charge in [0.2, 0.25) is 5.91 Å². The predicted molar refractivity (Wildman–Crippen MR) is 89.8 cm³/mol. The second kappa shape index (κ2) is 6.99. The third-order valence-corrected chi connectivity index (χ3v) is 4.34. The number of hydrogen-bond donors (Lipinski definition) is 1. The van der Waals surface area contributed by atoms with Crippen molar-refractivity contribution in [2.75, 3.05) is 13.2 Å². The van der Waals surface area contributed by atoms with Crippen LogP contribution in [0, 0.1) is 17.3 Å². The Morgan fingerprint density at radius 2 is 1.95 bits per heavy atom. The van der Waals surface area contributed by atoms with Crippen molar-refractivity contribution in [2.24, 2.45) is 17.3 Å². The van der Waals surface area contributed by atoms with Crippen molar-refractivity contribution in [2.45, 2.75) is 34.1 Å². The largest absolute Gasteiger partial charge is 0.494 e. The molecule has 1 aliphatic rings. The lowest BCUT2D eigenvalue weighted by molar-refractivity contribution is -0.123. The number of benzene rings is 1. The second-order valence-electron chi connectivity index (χ2n) is 6.87. The van der Waals surface area contributed by atoms with Crippen molar-refractivity contribution < 1.29 is 9.53 Å². The van der Waals surface area contributed by atoms with Gasteiger partial charge < -0.3 is 10.1 Å². The molecule has 2 atom stereocenters. The van der Waals surface area contributed by atoms with Crippen LogP contribution in [0.5, 0.6) is 5.75 Å². The van der Waals surface area contributed by atoms with Gasteiger partial charge in [-0.1, -0.05) is 43.7 Å². The fraction of sp³-hybridized carbons (Fsp3) is 0.526. The maximum Gasteiger partial charge on any atom is 0.224 e. The van der Waals surface area contributed by atoms with Gasteiger partial charge in [-0.2, -0.15) is 0 Å². The smallest absolute Gasteiger partial charge is 0.224 e. The maximum atomic E-state index is 12.3. The van der Waals surface area contributed by atoms with Crippen LogP contribution in [-0.2, 0) is 4.79 Å². The van der Waals surface area contributed by atoms with Crippen molar-refractivity contribution in [3.05, 3.63) is 42.0 Å². The van der Waals surface area contributed by atoms with E-state index in [2.05, 4.69) is 39.1 Å². The minimum atomic E-state index is 0.0852. The molecule has 0 saturated heterocycles. The van der Waals surface area contributed by atoms with E-state index in [1.54, 1.807) is 0 Å². The molecule has 1 N–H and O–H groups in total. The summed E-state index contributed by atoms with van der Waals surface area (Å²) in [5.74, 6) is 1.53. The Balaban J connectivity index is 1.67. The van der Waals surface area contributed by atoms with Crippen LogP contribution in [0.2, 0.25) is 0 Å². The van der Waals surface area contributed by atoms with Gasteiger partial charge in [0.05, 0.1) is 12.5 Å². The second-order valence-corrected chi connectivity index (χ2v) is 6.87. The quantitative estimate of drug-likeness (QED) is 0.614. The SMILES string of the molecule is CC(C)=CC1C(C(=O)NCCCOc2ccccc2)C1(C)C. The van der Waals surface area contributed by atoms with Crippen LogP contribution in [0.4, 0.5) is 0 Å². The number of ether oxygens (including phenoxy) is 1. The van der Waals surface area contributed by atoms with Gasteiger partial charge in [-0.25, -0.2) is 0 Å². The number of carbonyl (C=O) groups excluding carboxylic acids is 1. The van der Waals surface area contributed by atoms with Crippen LogP contribution in [0.1, 0.15) is 34.1 Å². The summed E-state index contributed by atoms with van der Waals surface area (Å²) in [6, 6.07) is 9.75. The number of carbonyl (C=O) groups is 1. The van der Waals surface area contributed by atoms with Gasteiger partial charge in [0, 0.05) is 6.54 Å². The average Bonchev–Trinajstić information content (AvgIpc) is 2.99. The zero-order chi connectivity index (χ0) is 16.2. The van der Waals surface area contributed by atoms with Crippen LogP contribution in [0.15, 0.2) is 42.0 Å². The summed E-state index contributed by atoms with van der Waals surface area (Å²) in [5.41, 5.74) is 1.37.